The van der Waals surface area contributed by atoms with Crippen LogP contribution in [0.4, 0.5) is 0 Å². The largest absolute Gasteiger partial charge is 0.384 e. The SMILES string of the molecule is C=C(C)C1=CC=C(OS(=O)(=O)c2ccc(C)cc2)CC1. The van der Waals surface area contributed by atoms with E-state index in [-0.39, 0.29) is 4.90 Å². The first kappa shape index (κ1) is 14.6. The molecule has 0 N–H and O–H groups in total. The lowest BCUT2D eigenvalue weighted by Crippen LogP contribution is -2.08. The Morgan fingerprint density at radius 3 is 2.30 bits per heavy atom. The summed E-state index contributed by atoms with van der Waals surface area (Å²) in [6.45, 7) is 7.72. The van der Waals surface area contributed by atoms with E-state index >= 15 is 0 Å². The molecule has 1 aromatic rings. The van der Waals surface area contributed by atoms with Gasteiger partial charge in [-0.2, -0.15) is 8.42 Å². The predicted molar refractivity (Wildman–Crippen MR) is 79.7 cm³/mol. The molecule has 0 amide bonds. The summed E-state index contributed by atoms with van der Waals surface area (Å²) in [6.07, 6.45) is 4.90. The van der Waals surface area contributed by atoms with Gasteiger partial charge in [-0.05, 0) is 44.1 Å². The van der Waals surface area contributed by atoms with Crippen molar-refractivity contribution in [2.24, 2.45) is 0 Å². The summed E-state index contributed by atoms with van der Waals surface area (Å²) in [4.78, 5) is 0.179. The maximum atomic E-state index is 12.1. The van der Waals surface area contributed by atoms with Gasteiger partial charge in [-0.15, -0.1) is 0 Å². The van der Waals surface area contributed by atoms with Gasteiger partial charge in [0, 0.05) is 6.42 Å². The molecule has 106 valence electrons. The Labute approximate surface area is 120 Å². The van der Waals surface area contributed by atoms with Crippen LogP contribution in [0, 0.1) is 6.92 Å². The minimum Gasteiger partial charge on any atom is -0.384 e. The van der Waals surface area contributed by atoms with Crippen LogP contribution in [0.1, 0.15) is 25.3 Å². The summed E-state index contributed by atoms with van der Waals surface area (Å²) in [6, 6.07) is 6.63. The van der Waals surface area contributed by atoms with Crippen LogP contribution in [0.2, 0.25) is 0 Å². The molecule has 0 unspecified atom stereocenters. The third kappa shape index (κ3) is 3.39. The maximum absolute atomic E-state index is 12.1. The summed E-state index contributed by atoms with van der Waals surface area (Å²) < 4.78 is 29.4. The third-order valence-electron chi connectivity index (χ3n) is 3.19. The van der Waals surface area contributed by atoms with Crippen molar-refractivity contribution >= 4 is 10.1 Å². The first-order chi connectivity index (χ1) is 9.38. The summed E-state index contributed by atoms with van der Waals surface area (Å²) in [5, 5.41) is 0. The number of hydrogen-bond donors (Lipinski definition) is 0. The van der Waals surface area contributed by atoms with E-state index < -0.39 is 10.1 Å². The Bertz CT molecular complexity index is 677. The minimum absolute atomic E-state index is 0.179. The Kier molecular flexibility index (Phi) is 4.14. The number of aryl methyl sites for hydroxylation is 1. The summed E-state index contributed by atoms with van der Waals surface area (Å²) in [5.41, 5.74) is 3.14. The van der Waals surface area contributed by atoms with E-state index in [1.54, 1.807) is 30.3 Å². The van der Waals surface area contributed by atoms with Gasteiger partial charge in [0.1, 0.15) is 10.7 Å². The molecule has 0 spiro atoms. The van der Waals surface area contributed by atoms with Gasteiger partial charge in [0.05, 0.1) is 0 Å². The van der Waals surface area contributed by atoms with Gasteiger partial charge in [-0.3, -0.25) is 0 Å². The summed E-state index contributed by atoms with van der Waals surface area (Å²) >= 11 is 0. The van der Waals surface area contributed by atoms with Crippen LogP contribution in [0.3, 0.4) is 0 Å². The van der Waals surface area contributed by atoms with E-state index in [0.29, 0.717) is 12.2 Å². The lowest BCUT2D eigenvalue weighted by molar-refractivity contribution is 0.389. The van der Waals surface area contributed by atoms with Gasteiger partial charge in [0.25, 0.3) is 0 Å². The average Bonchev–Trinajstić information content (AvgIpc) is 2.39. The van der Waals surface area contributed by atoms with Crippen LogP contribution in [-0.4, -0.2) is 8.42 Å². The van der Waals surface area contributed by atoms with Gasteiger partial charge in [-0.1, -0.05) is 35.9 Å². The van der Waals surface area contributed by atoms with Crippen LogP contribution >= 0.6 is 0 Å². The van der Waals surface area contributed by atoms with Crippen LogP contribution in [0.25, 0.3) is 0 Å². The van der Waals surface area contributed by atoms with Crippen molar-refractivity contribution in [2.45, 2.75) is 31.6 Å². The standard InChI is InChI=1S/C16H18O3S/c1-12(2)14-6-8-15(9-7-14)19-20(17,18)16-10-4-13(3)5-11-16/h4-6,8,10-11H,1,7,9H2,2-3H3. The molecule has 1 aliphatic carbocycles. The highest BCUT2D eigenvalue weighted by molar-refractivity contribution is 7.86. The van der Waals surface area contributed by atoms with Crippen molar-refractivity contribution in [2.75, 3.05) is 0 Å². The predicted octanol–water partition coefficient (Wildman–Crippen LogP) is 3.88. The second kappa shape index (κ2) is 5.67. The zero-order valence-corrected chi connectivity index (χ0v) is 12.5. The first-order valence-electron chi connectivity index (χ1n) is 6.45. The van der Waals surface area contributed by atoms with Crippen LogP contribution in [0.5, 0.6) is 0 Å². The van der Waals surface area contributed by atoms with Crippen molar-refractivity contribution < 1.29 is 12.6 Å². The third-order valence-corrected chi connectivity index (χ3v) is 4.47. The number of hydrogen-bond acceptors (Lipinski definition) is 3. The monoisotopic (exact) mass is 290 g/mol. The Morgan fingerprint density at radius 1 is 1.15 bits per heavy atom. The minimum atomic E-state index is -3.73. The number of allylic oxidation sites excluding steroid dienone is 5. The molecule has 1 aromatic carbocycles. The zero-order chi connectivity index (χ0) is 14.8. The Balaban J connectivity index is 2.18. The molecule has 0 atom stereocenters. The summed E-state index contributed by atoms with van der Waals surface area (Å²) in [5.74, 6) is 0.468. The molecule has 1 aliphatic rings. The second-order valence-electron chi connectivity index (χ2n) is 4.96. The molecule has 0 aliphatic heterocycles. The lowest BCUT2D eigenvalue weighted by Gasteiger charge is -2.15. The first-order valence-corrected chi connectivity index (χ1v) is 7.86. The van der Waals surface area contributed by atoms with Gasteiger partial charge < -0.3 is 4.18 Å². The van der Waals surface area contributed by atoms with Crippen molar-refractivity contribution in [3.05, 3.63) is 65.5 Å². The molecule has 4 heteroatoms. The average molecular weight is 290 g/mol. The highest BCUT2D eigenvalue weighted by atomic mass is 32.2. The van der Waals surface area contributed by atoms with Crippen molar-refractivity contribution in [1.82, 2.24) is 0 Å². The molecule has 0 saturated carbocycles. The van der Waals surface area contributed by atoms with Crippen molar-refractivity contribution in [1.29, 1.82) is 0 Å². The van der Waals surface area contributed by atoms with Crippen molar-refractivity contribution in [3.63, 3.8) is 0 Å². The van der Waals surface area contributed by atoms with Gasteiger partial charge in [-0.25, -0.2) is 0 Å². The molecular weight excluding hydrogens is 272 g/mol. The molecule has 0 saturated heterocycles. The second-order valence-corrected chi connectivity index (χ2v) is 6.50. The van der Waals surface area contributed by atoms with Crippen molar-refractivity contribution in [3.8, 4) is 0 Å². The van der Waals surface area contributed by atoms with E-state index in [1.165, 1.54) is 0 Å². The molecule has 0 heterocycles. The van der Waals surface area contributed by atoms with Crippen LogP contribution in [-0.2, 0) is 14.3 Å². The van der Waals surface area contributed by atoms with Gasteiger partial charge in [0.2, 0.25) is 0 Å². The van der Waals surface area contributed by atoms with E-state index in [0.717, 1.165) is 23.1 Å². The van der Waals surface area contributed by atoms with E-state index in [4.69, 9.17) is 4.18 Å². The quantitative estimate of drug-likeness (QED) is 0.790. The van der Waals surface area contributed by atoms with Crippen LogP contribution < -0.4 is 0 Å². The zero-order valence-electron chi connectivity index (χ0n) is 11.7. The molecule has 0 aromatic heterocycles. The highest BCUT2D eigenvalue weighted by Gasteiger charge is 2.19. The molecule has 0 fully saturated rings. The molecule has 0 bridgehead atoms. The van der Waals surface area contributed by atoms with Gasteiger partial charge in [0.15, 0.2) is 0 Å². The molecule has 2 rings (SSSR count). The van der Waals surface area contributed by atoms with Crippen LogP contribution in [0.15, 0.2) is 64.8 Å². The number of benzene rings is 1. The molecule has 3 nitrogen and oxygen atoms in total. The maximum Gasteiger partial charge on any atom is 0.338 e. The molecule has 0 radical (unpaired) electrons. The lowest BCUT2D eigenvalue weighted by atomic mass is 9.99. The summed E-state index contributed by atoms with van der Waals surface area (Å²) in [7, 11) is -3.73. The normalized spacial score (nSPS) is 15.3. The topological polar surface area (TPSA) is 43.4 Å². The smallest absolute Gasteiger partial charge is 0.338 e. The molecule has 20 heavy (non-hydrogen) atoms. The fourth-order valence-electron chi connectivity index (χ4n) is 1.94. The number of rotatable bonds is 4. The Morgan fingerprint density at radius 2 is 1.80 bits per heavy atom. The highest BCUT2D eigenvalue weighted by Crippen LogP contribution is 2.26. The van der Waals surface area contributed by atoms with E-state index in [9.17, 15) is 8.42 Å². The Hall–Kier alpha value is -1.81. The molecular formula is C16H18O3S. The van der Waals surface area contributed by atoms with Gasteiger partial charge >= 0.3 is 10.1 Å². The van der Waals surface area contributed by atoms with E-state index in [2.05, 4.69) is 6.58 Å². The fraction of sp³-hybridized carbons (Fsp3) is 0.250. The van der Waals surface area contributed by atoms with E-state index in [1.807, 2.05) is 19.9 Å². The fourth-order valence-corrected chi connectivity index (χ4v) is 2.92.